The van der Waals surface area contributed by atoms with Crippen molar-refractivity contribution in [1.82, 2.24) is 19.9 Å². The summed E-state index contributed by atoms with van der Waals surface area (Å²) in [6.45, 7) is 2.06. The number of aromatic nitrogens is 4. The Kier molecular flexibility index (Phi) is 1.90. The van der Waals surface area contributed by atoms with E-state index in [0.717, 1.165) is 16.8 Å². The van der Waals surface area contributed by atoms with Crippen molar-refractivity contribution in [2.75, 3.05) is 5.73 Å². The first kappa shape index (κ1) is 9.29. The Bertz CT molecular complexity index is 654. The molecule has 0 aliphatic carbocycles. The summed E-state index contributed by atoms with van der Waals surface area (Å²) in [5.41, 5.74) is 9.00. The molecule has 6 heteroatoms. The van der Waals surface area contributed by atoms with Crippen LogP contribution in [0.3, 0.4) is 0 Å². The summed E-state index contributed by atoms with van der Waals surface area (Å²) in [6.07, 6.45) is 1.60. The summed E-state index contributed by atoms with van der Waals surface area (Å²) in [5, 5.41) is 2.03. The summed E-state index contributed by atoms with van der Waals surface area (Å²) >= 11 is 1.68. The monoisotopic (exact) mass is 231 g/mol. The van der Waals surface area contributed by atoms with Crippen LogP contribution in [0.15, 0.2) is 17.8 Å². The minimum absolute atomic E-state index is 0.250. The smallest absolute Gasteiger partial charge is 0.222 e. The van der Waals surface area contributed by atoms with E-state index in [-0.39, 0.29) is 5.95 Å². The number of fused-ring (bicyclic) bond motifs is 1. The van der Waals surface area contributed by atoms with Gasteiger partial charge in [0.2, 0.25) is 5.95 Å². The molecule has 0 aliphatic rings. The molecule has 0 aromatic carbocycles. The normalized spacial score (nSPS) is 11.1. The molecule has 16 heavy (non-hydrogen) atoms. The first-order valence-electron chi connectivity index (χ1n) is 4.77. The standard InChI is InChI=1S/C10H9N5S/c1-5-6(2-3-16-5)7-8-9(13-4-12-8)15-10(11)14-7/h2-4H,1H3,(H3,11,12,13,14,15). The SMILES string of the molecule is Cc1sccc1-c1nc(N)nc2nc[nH]c12. The fourth-order valence-electron chi connectivity index (χ4n) is 1.68. The number of nitrogens with one attached hydrogen (secondary N) is 1. The van der Waals surface area contributed by atoms with E-state index >= 15 is 0 Å². The third-order valence-corrected chi connectivity index (χ3v) is 3.26. The number of aromatic amines is 1. The number of hydrogen-bond acceptors (Lipinski definition) is 5. The Labute approximate surface area is 95.4 Å². The molecule has 3 heterocycles. The number of aryl methyl sites for hydroxylation is 1. The van der Waals surface area contributed by atoms with Crippen LogP contribution in [-0.2, 0) is 0 Å². The van der Waals surface area contributed by atoms with Crippen LogP contribution < -0.4 is 5.73 Å². The van der Waals surface area contributed by atoms with Crippen LogP contribution >= 0.6 is 11.3 Å². The molecular formula is C10H9N5S. The van der Waals surface area contributed by atoms with Crippen molar-refractivity contribution in [3.8, 4) is 11.3 Å². The van der Waals surface area contributed by atoms with E-state index in [2.05, 4.69) is 26.9 Å². The molecule has 0 atom stereocenters. The van der Waals surface area contributed by atoms with E-state index < -0.39 is 0 Å². The average Bonchev–Trinajstić information content (AvgIpc) is 2.84. The molecule has 0 radical (unpaired) electrons. The maximum absolute atomic E-state index is 5.67. The van der Waals surface area contributed by atoms with Gasteiger partial charge in [0, 0.05) is 10.4 Å². The Morgan fingerprint density at radius 1 is 1.38 bits per heavy atom. The molecule has 3 rings (SSSR count). The highest BCUT2D eigenvalue weighted by molar-refractivity contribution is 7.10. The highest BCUT2D eigenvalue weighted by Gasteiger charge is 2.12. The maximum Gasteiger partial charge on any atom is 0.222 e. The van der Waals surface area contributed by atoms with Crippen LogP contribution in [0.25, 0.3) is 22.4 Å². The van der Waals surface area contributed by atoms with Crippen molar-refractivity contribution in [2.24, 2.45) is 0 Å². The zero-order chi connectivity index (χ0) is 11.1. The van der Waals surface area contributed by atoms with Gasteiger partial charge in [0.1, 0.15) is 11.2 Å². The molecule has 80 valence electrons. The van der Waals surface area contributed by atoms with Gasteiger partial charge in [-0.2, -0.15) is 4.98 Å². The fraction of sp³-hybridized carbons (Fsp3) is 0.100. The summed E-state index contributed by atoms with van der Waals surface area (Å²) < 4.78 is 0. The van der Waals surface area contributed by atoms with Gasteiger partial charge in [0.05, 0.1) is 6.33 Å². The number of imidazole rings is 1. The predicted molar refractivity (Wildman–Crippen MR) is 64.1 cm³/mol. The number of nitrogens with zero attached hydrogens (tertiary/aromatic N) is 3. The second kappa shape index (κ2) is 3.28. The topological polar surface area (TPSA) is 80.5 Å². The number of anilines is 1. The Hall–Kier alpha value is -1.95. The molecule has 0 bridgehead atoms. The van der Waals surface area contributed by atoms with Gasteiger partial charge in [-0.25, -0.2) is 9.97 Å². The lowest BCUT2D eigenvalue weighted by Gasteiger charge is -2.01. The minimum atomic E-state index is 0.250. The van der Waals surface area contributed by atoms with Crippen LogP contribution in [0.2, 0.25) is 0 Å². The highest BCUT2D eigenvalue weighted by atomic mass is 32.1. The largest absolute Gasteiger partial charge is 0.368 e. The molecule has 0 saturated carbocycles. The lowest BCUT2D eigenvalue weighted by Crippen LogP contribution is -1.97. The zero-order valence-electron chi connectivity index (χ0n) is 8.56. The predicted octanol–water partition coefficient (Wildman–Crippen LogP) is 1.97. The highest BCUT2D eigenvalue weighted by Crippen LogP contribution is 2.30. The van der Waals surface area contributed by atoms with E-state index in [1.165, 1.54) is 4.88 Å². The number of rotatable bonds is 1. The first-order chi connectivity index (χ1) is 7.75. The minimum Gasteiger partial charge on any atom is -0.368 e. The third kappa shape index (κ3) is 1.27. The molecule has 0 spiro atoms. The average molecular weight is 231 g/mol. The van der Waals surface area contributed by atoms with E-state index in [1.807, 2.05) is 11.4 Å². The number of nitrogens with two attached hydrogens (primary N) is 1. The molecule has 5 nitrogen and oxygen atoms in total. The number of thiophene rings is 1. The van der Waals surface area contributed by atoms with E-state index in [1.54, 1.807) is 17.7 Å². The molecule has 0 aliphatic heterocycles. The van der Waals surface area contributed by atoms with Crippen molar-refractivity contribution in [1.29, 1.82) is 0 Å². The van der Waals surface area contributed by atoms with Crippen LogP contribution in [0.5, 0.6) is 0 Å². The molecule has 3 aromatic heterocycles. The van der Waals surface area contributed by atoms with Crippen LogP contribution in [-0.4, -0.2) is 19.9 Å². The molecule has 3 aromatic rings. The van der Waals surface area contributed by atoms with Crippen LogP contribution in [0.1, 0.15) is 4.88 Å². The van der Waals surface area contributed by atoms with E-state index in [4.69, 9.17) is 5.73 Å². The number of H-pyrrole nitrogens is 1. The molecule has 0 fully saturated rings. The summed E-state index contributed by atoms with van der Waals surface area (Å²) in [5.74, 6) is 0.250. The molecular weight excluding hydrogens is 222 g/mol. The molecule has 0 unspecified atom stereocenters. The Morgan fingerprint density at radius 3 is 3.00 bits per heavy atom. The van der Waals surface area contributed by atoms with E-state index in [9.17, 15) is 0 Å². The maximum atomic E-state index is 5.67. The van der Waals surface area contributed by atoms with Crippen molar-refractivity contribution in [3.63, 3.8) is 0 Å². The van der Waals surface area contributed by atoms with Crippen molar-refractivity contribution < 1.29 is 0 Å². The Morgan fingerprint density at radius 2 is 2.25 bits per heavy atom. The second-order valence-electron chi connectivity index (χ2n) is 3.42. The van der Waals surface area contributed by atoms with Gasteiger partial charge in [-0.05, 0) is 18.4 Å². The van der Waals surface area contributed by atoms with Gasteiger partial charge in [0.25, 0.3) is 0 Å². The van der Waals surface area contributed by atoms with Gasteiger partial charge in [-0.3, -0.25) is 0 Å². The third-order valence-electron chi connectivity index (χ3n) is 2.42. The summed E-state index contributed by atoms with van der Waals surface area (Å²) in [7, 11) is 0. The van der Waals surface area contributed by atoms with Crippen LogP contribution in [0, 0.1) is 6.92 Å². The van der Waals surface area contributed by atoms with Crippen molar-refractivity contribution >= 4 is 28.4 Å². The molecule has 3 N–H and O–H groups in total. The van der Waals surface area contributed by atoms with Gasteiger partial charge in [-0.15, -0.1) is 11.3 Å². The van der Waals surface area contributed by atoms with Crippen molar-refractivity contribution in [3.05, 3.63) is 22.7 Å². The lowest BCUT2D eigenvalue weighted by atomic mass is 10.2. The van der Waals surface area contributed by atoms with Gasteiger partial charge >= 0.3 is 0 Å². The Balaban J connectivity index is 2.38. The molecule has 0 saturated heterocycles. The van der Waals surface area contributed by atoms with Crippen LogP contribution in [0.4, 0.5) is 5.95 Å². The lowest BCUT2D eigenvalue weighted by molar-refractivity contribution is 1.22. The zero-order valence-corrected chi connectivity index (χ0v) is 9.38. The second-order valence-corrected chi connectivity index (χ2v) is 4.54. The van der Waals surface area contributed by atoms with E-state index in [0.29, 0.717) is 5.65 Å². The van der Waals surface area contributed by atoms with Gasteiger partial charge in [-0.1, -0.05) is 0 Å². The quantitative estimate of drug-likeness (QED) is 0.671. The fourth-order valence-corrected chi connectivity index (χ4v) is 2.38. The summed E-state index contributed by atoms with van der Waals surface area (Å²) in [6, 6.07) is 2.03. The van der Waals surface area contributed by atoms with Gasteiger partial charge in [0.15, 0.2) is 5.65 Å². The number of hydrogen-bond donors (Lipinski definition) is 2. The first-order valence-corrected chi connectivity index (χ1v) is 5.65. The number of nitrogen functional groups attached to an aromatic ring is 1. The molecule has 0 amide bonds. The van der Waals surface area contributed by atoms with Crippen molar-refractivity contribution in [2.45, 2.75) is 6.92 Å². The summed E-state index contributed by atoms with van der Waals surface area (Å²) in [4.78, 5) is 16.7. The van der Waals surface area contributed by atoms with Gasteiger partial charge < -0.3 is 10.7 Å².